The van der Waals surface area contributed by atoms with E-state index in [0.29, 0.717) is 6.42 Å². The van der Waals surface area contributed by atoms with Crippen molar-refractivity contribution in [3.05, 3.63) is 29.1 Å². The summed E-state index contributed by atoms with van der Waals surface area (Å²) in [5.41, 5.74) is 0. The maximum Gasteiger partial charge on any atom is 0.206 e. The predicted octanol–water partition coefficient (Wildman–Crippen LogP) is 5.24. The first-order chi connectivity index (χ1) is 12.4. The lowest BCUT2D eigenvalue weighted by molar-refractivity contribution is -0.0692. The standard InChI is InChI=1S/C18H25F5O3/c1-2-3-4-5-6-7-8-9-12(26-11-24)10-25-18-16(22)14(20)13(19)15(21)17(18)23/h12,24H,2-11H2,1H3. The molecule has 0 radical (unpaired) electrons. The maximum atomic E-state index is 13.6. The van der Waals surface area contributed by atoms with Crippen LogP contribution in [0.15, 0.2) is 0 Å². The third-order valence-corrected chi connectivity index (χ3v) is 4.02. The highest BCUT2D eigenvalue weighted by Gasteiger charge is 2.27. The van der Waals surface area contributed by atoms with Crippen LogP contribution in [-0.2, 0) is 4.74 Å². The Morgan fingerprint density at radius 1 is 0.769 bits per heavy atom. The fourth-order valence-corrected chi connectivity index (χ4v) is 2.54. The third kappa shape index (κ3) is 6.72. The Labute approximate surface area is 150 Å². The molecular formula is C18H25F5O3. The molecule has 0 saturated heterocycles. The van der Waals surface area contributed by atoms with Gasteiger partial charge in [0.1, 0.15) is 13.4 Å². The van der Waals surface area contributed by atoms with Gasteiger partial charge in [-0.3, -0.25) is 0 Å². The predicted molar refractivity (Wildman–Crippen MR) is 86.3 cm³/mol. The summed E-state index contributed by atoms with van der Waals surface area (Å²) < 4.78 is 76.2. The Bertz CT molecular complexity index is 525. The van der Waals surface area contributed by atoms with Gasteiger partial charge in [0, 0.05) is 0 Å². The normalized spacial score (nSPS) is 12.4. The molecule has 3 nitrogen and oxygen atoms in total. The Morgan fingerprint density at radius 3 is 1.81 bits per heavy atom. The first-order valence-electron chi connectivity index (χ1n) is 8.80. The highest BCUT2D eigenvalue weighted by molar-refractivity contribution is 5.29. The van der Waals surface area contributed by atoms with Gasteiger partial charge in [-0.15, -0.1) is 0 Å². The molecule has 26 heavy (non-hydrogen) atoms. The van der Waals surface area contributed by atoms with Gasteiger partial charge in [-0.2, -0.15) is 8.78 Å². The van der Waals surface area contributed by atoms with Crippen LogP contribution in [0.5, 0.6) is 5.75 Å². The Balaban J connectivity index is 2.53. The molecule has 150 valence electrons. The van der Waals surface area contributed by atoms with E-state index >= 15 is 0 Å². The highest BCUT2D eigenvalue weighted by Crippen LogP contribution is 2.29. The zero-order valence-corrected chi connectivity index (χ0v) is 14.8. The number of aliphatic hydroxyl groups is 1. The average molecular weight is 384 g/mol. The van der Waals surface area contributed by atoms with E-state index in [2.05, 4.69) is 6.92 Å². The van der Waals surface area contributed by atoms with Crippen LogP contribution < -0.4 is 4.74 Å². The van der Waals surface area contributed by atoms with E-state index in [1.807, 2.05) is 0 Å². The van der Waals surface area contributed by atoms with Crippen molar-refractivity contribution in [3.8, 4) is 5.75 Å². The monoisotopic (exact) mass is 384 g/mol. The van der Waals surface area contributed by atoms with Gasteiger partial charge in [-0.05, 0) is 6.42 Å². The molecule has 1 N–H and O–H groups in total. The number of halogens is 5. The van der Waals surface area contributed by atoms with Crippen molar-refractivity contribution in [3.63, 3.8) is 0 Å². The van der Waals surface area contributed by atoms with E-state index in [-0.39, 0.29) is 0 Å². The molecule has 1 unspecified atom stereocenters. The second-order valence-corrected chi connectivity index (χ2v) is 6.04. The molecule has 0 spiro atoms. The van der Waals surface area contributed by atoms with Crippen LogP contribution >= 0.6 is 0 Å². The number of ether oxygens (including phenoxy) is 2. The molecule has 1 aromatic carbocycles. The van der Waals surface area contributed by atoms with Gasteiger partial charge in [0.2, 0.25) is 29.1 Å². The molecule has 0 heterocycles. The molecule has 0 aromatic heterocycles. The van der Waals surface area contributed by atoms with Crippen LogP contribution in [0.4, 0.5) is 22.0 Å². The molecule has 1 rings (SSSR count). The minimum Gasteiger partial charge on any atom is -0.485 e. The quantitative estimate of drug-likeness (QED) is 0.166. The van der Waals surface area contributed by atoms with E-state index in [4.69, 9.17) is 14.6 Å². The molecule has 0 bridgehead atoms. The van der Waals surface area contributed by atoms with Crippen LogP contribution in [0, 0.1) is 29.1 Å². The van der Waals surface area contributed by atoms with Gasteiger partial charge in [0.05, 0.1) is 6.10 Å². The summed E-state index contributed by atoms with van der Waals surface area (Å²) in [6.45, 7) is 1.05. The number of hydrogen-bond acceptors (Lipinski definition) is 3. The van der Waals surface area contributed by atoms with Crippen molar-refractivity contribution in [2.75, 3.05) is 13.4 Å². The smallest absolute Gasteiger partial charge is 0.206 e. The van der Waals surface area contributed by atoms with E-state index in [1.54, 1.807) is 0 Å². The second kappa shape index (κ2) is 12.1. The summed E-state index contributed by atoms with van der Waals surface area (Å²) in [5, 5.41) is 8.87. The summed E-state index contributed by atoms with van der Waals surface area (Å²) in [6, 6.07) is 0. The Kier molecular flexibility index (Phi) is 10.5. The van der Waals surface area contributed by atoms with Gasteiger partial charge in [0.25, 0.3) is 0 Å². The van der Waals surface area contributed by atoms with Crippen molar-refractivity contribution in [2.45, 2.75) is 64.4 Å². The minimum atomic E-state index is -2.24. The lowest BCUT2D eigenvalue weighted by atomic mass is 10.1. The first-order valence-corrected chi connectivity index (χ1v) is 8.80. The van der Waals surface area contributed by atoms with E-state index in [0.717, 1.165) is 38.5 Å². The minimum absolute atomic E-state index is 0.434. The van der Waals surface area contributed by atoms with Crippen molar-refractivity contribution in [1.29, 1.82) is 0 Å². The lowest BCUT2D eigenvalue weighted by Crippen LogP contribution is -2.23. The van der Waals surface area contributed by atoms with Gasteiger partial charge >= 0.3 is 0 Å². The topological polar surface area (TPSA) is 38.7 Å². The lowest BCUT2D eigenvalue weighted by Gasteiger charge is -2.18. The van der Waals surface area contributed by atoms with E-state index in [9.17, 15) is 22.0 Å². The van der Waals surface area contributed by atoms with Gasteiger partial charge in [0.15, 0.2) is 5.75 Å². The first kappa shape index (κ1) is 22.6. The molecule has 0 aliphatic carbocycles. The van der Waals surface area contributed by atoms with Crippen LogP contribution in [-0.4, -0.2) is 24.6 Å². The summed E-state index contributed by atoms with van der Waals surface area (Å²) in [4.78, 5) is 0. The molecule has 0 saturated carbocycles. The molecule has 0 amide bonds. The van der Waals surface area contributed by atoms with Crippen LogP contribution in [0.1, 0.15) is 58.3 Å². The molecule has 0 aliphatic rings. The van der Waals surface area contributed by atoms with Crippen molar-refractivity contribution < 1.29 is 36.5 Å². The highest BCUT2D eigenvalue weighted by atomic mass is 19.2. The summed E-state index contributed by atoms with van der Waals surface area (Å²) >= 11 is 0. The average Bonchev–Trinajstić information content (AvgIpc) is 2.63. The van der Waals surface area contributed by atoms with Gasteiger partial charge < -0.3 is 14.6 Å². The molecule has 1 aromatic rings. The summed E-state index contributed by atoms with van der Waals surface area (Å²) in [6.07, 6.45) is 7.01. The largest absolute Gasteiger partial charge is 0.485 e. The number of aliphatic hydroxyl groups excluding tert-OH is 1. The van der Waals surface area contributed by atoms with Crippen LogP contribution in [0.25, 0.3) is 0 Å². The maximum absolute atomic E-state index is 13.6. The SMILES string of the molecule is CCCCCCCCCC(COc1c(F)c(F)c(F)c(F)c1F)OCO. The zero-order chi connectivity index (χ0) is 19.5. The molecule has 0 fully saturated rings. The van der Waals surface area contributed by atoms with E-state index < -0.39 is 54.3 Å². The molecular weight excluding hydrogens is 359 g/mol. The van der Waals surface area contributed by atoms with Crippen LogP contribution in [0.3, 0.4) is 0 Å². The Morgan fingerprint density at radius 2 is 1.27 bits per heavy atom. The van der Waals surface area contributed by atoms with Crippen molar-refractivity contribution >= 4 is 0 Å². The van der Waals surface area contributed by atoms with Crippen LogP contribution in [0.2, 0.25) is 0 Å². The summed E-state index contributed by atoms with van der Waals surface area (Å²) in [7, 11) is 0. The van der Waals surface area contributed by atoms with E-state index in [1.165, 1.54) is 6.42 Å². The molecule has 0 aliphatic heterocycles. The number of rotatable bonds is 13. The van der Waals surface area contributed by atoms with Gasteiger partial charge in [-0.25, -0.2) is 13.2 Å². The fourth-order valence-electron chi connectivity index (χ4n) is 2.54. The zero-order valence-electron chi connectivity index (χ0n) is 14.8. The van der Waals surface area contributed by atoms with Crippen molar-refractivity contribution in [1.82, 2.24) is 0 Å². The van der Waals surface area contributed by atoms with Gasteiger partial charge in [-0.1, -0.05) is 51.9 Å². The van der Waals surface area contributed by atoms with Crippen molar-refractivity contribution in [2.24, 2.45) is 0 Å². The molecule has 1 atom stereocenters. The number of unbranched alkanes of at least 4 members (excludes halogenated alkanes) is 6. The number of hydrogen-bond donors (Lipinski definition) is 1. The second-order valence-electron chi connectivity index (χ2n) is 6.04. The Hall–Kier alpha value is -1.41. The summed E-state index contributed by atoms with van der Waals surface area (Å²) in [5.74, 6) is -11.8. The number of benzene rings is 1. The molecule has 8 heteroatoms. The fraction of sp³-hybridized carbons (Fsp3) is 0.667. The third-order valence-electron chi connectivity index (χ3n) is 4.02.